The lowest BCUT2D eigenvalue weighted by Gasteiger charge is -2.19. The summed E-state index contributed by atoms with van der Waals surface area (Å²) in [6.45, 7) is 11.0. The minimum absolute atomic E-state index is 0.0198. The van der Waals surface area contributed by atoms with E-state index in [-0.39, 0.29) is 31.0 Å². The number of nitrogens with zero attached hydrogens (tertiary/aromatic N) is 6. The summed E-state index contributed by atoms with van der Waals surface area (Å²) in [6.07, 6.45) is 7.65. The molecule has 0 atom stereocenters. The molecule has 0 unspecified atom stereocenters. The van der Waals surface area contributed by atoms with Crippen molar-refractivity contribution in [3.63, 3.8) is 0 Å². The smallest absolute Gasteiger partial charge is 0.251 e. The number of carbonyl (C=O) groups is 2. The molecule has 0 spiro atoms. The number of benzene rings is 3. The Labute approximate surface area is 390 Å². The van der Waals surface area contributed by atoms with Gasteiger partial charge < -0.3 is 36.6 Å². The summed E-state index contributed by atoms with van der Waals surface area (Å²) in [5, 5.41) is 52.0. The zero-order chi connectivity index (χ0) is 47.1. The SMILES string of the molecule is Cc1cc(-c2cnc3c(NCC(C)(C)O)cc(-c4ccc(F)cc4CO)nn23)ccc1C(=O)NC1CC1.Cc1cc(-c2cnc3c(NCC(C)(C)O)cc(Br)nn23)ccc1C(=O)NC1CC1. The molecule has 15 nitrogen and oxygen atoms in total. The number of nitrogens with one attached hydrogen (secondary N) is 4. The molecule has 0 saturated heterocycles. The van der Waals surface area contributed by atoms with Gasteiger partial charge in [0.05, 0.1) is 58.7 Å². The minimum Gasteiger partial charge on any atom is -0.392 e. The quantitative estimate of drug-likeness (QED) is 0.0565. The third kappa shape index (κ3) is 10.9. The van der Waals surface area contributed by atoms with E-state index in [1.807, 2.05) is 56.3 Å². The van der Waals surface area contributed by atoms with Gasteiger partial charge in [-0.05, 0) is 154 Å². The van der Waals surface area contributed by atoms with Crippen molar-refractivity contribution in [1.29, 1.82) is 0 Å². The summed E-state index contributed by atoms with van der Waals surface area (Å²) in [7, 11) is 0. The topological polar surface area (TPSA) is 203 Å². The van der Waals surface area contributed by atoms with Gasteiger partial charge in [-0.15, -0.1) is 0 Å². The Morgan fingerprint density at radius 1 is 0.712 bits per heavy atom. The number of aliphatic hydroxyl groups excluding tert-OH is 1. The number of anilines is 2. The fourth-order valence-electron chi connectivity index (χ4n) is 7.40. The van der Waals surface area contributed by atoms with Crippen LogP contribution >= 0.6 is 15.9 Å². The number of hydrogen-bond acceptors (Lipinski definition) is 11. The average Bonchev–Trinajstić information content (AvgIpc) is 4.17. The number of imidazole rings is 2. The molecular formula is C49H54BrFN10O5. The molecule has 0 radical (unpaired) electrons. The van der Waals surface area contributed by atoms with Gasteiger partial charge in [0.25, 0.3) is 11.8 Å². The second kappa shape index (κ2) is 18.5. The van der Waals surface area contributed by atoms with Crippen LogP contribution in [0.4, 0.5) is 15.8 Å². The van der Waals surface area contributed by atoms with Crippen LogP contribution in [0.1, 0.15) is 90.8 Å². The van der Waals surface area contributed by atoms with Crippen LogP contribution in [0.25, 0.3) is 45.1 Å². The number of halogens is 2. The maximum atomic E-state index is 13.9. The molecule has 3 aromatic carbocycles. The zero-order valence-corrected chi connectivity index (χ0v) is 39.3. The number of rotatable bonds is 14. The van der Waals surface area contributed by atoms with Crippen LogP contribution in [0.15, 0.2) is 83.7 Å². The summed E-state index contributed by atoms with van der Waals surface area (Å²) in [6, 6.07) is 19.8. The molecule has 2 aliphatic rings. The fourth-order valence-corrected chi connectivity index (χ4v) is 7.78. The van der Waals surface area contributed by atoms with Crippen molar-refractivity contribution in [2.45, 2.75) is 97.1 Å². The van der Waals surface area contributed by atoms with Crippen LogP contribution in [0, 0.1) is 19.7 Å². The van der Waals surface area contributed by atoms with Crippen molar-refractivity contribution < 1.29 is 29.3 Å². The van der Waals surface area contributed by atoms with Crippen molar-refractivity contribution in [3.8, 4) is 33.8 Å². The number of carbonyl (C=O) groups excluding carboxylic acids is 2. The number of aliphatic hydroxyl groups is 3. The van der Waals surface area contributed by atoms with E-state index in [1.54, 1.807) is 61.3 Å². The van der Waals surface area contributed by atoms with Crippen molar-refractivity contribution in [3.05, 3.63) is 117 Å². The van der Waals surface area contributed by atoms with E-state index in [9.17, 15) is 29.3 Å². The first kappa shape index (κ1) is 46.3. The molecule has 4 aromatic heterocycles. The van der Waals surface area contributed by atoms with E-state index < -0.39 is 17.0 Å². The first-order valence-electron chi connectivity index (χ1n) is 21.9. The maximum absolute atomic E-state index is 13.9. The van der Waals surface area contributed by atoms with Gasteiger partial charge in [-0.3, -0.25) is 9.59 Å². The average molecular weight is 962 g/mol. The second-order valence-corrected chi connectivity index (χ2v) is 19.2. The van der Waals surface area contributed by atoms with Crippen LogP contribution in [0.3, 0.4) is 0 Å². The van der Waals surface area contributed by atoms with E-state index in [4.69, 9.17) is 5.10 Å². The highest BCUT2D eigenvalue weighted by Crippen LogP contribution is 2.33. The third-order valence-corrected chi connectivity index (χ3v) is 11.6. The Morgan fingerprint density at radius 3 is 1.65 bits per heavy atom. The molecule has 0 bridgehead atoms. The van der Waals surface area contributed by atoms with Gasteiger partial charge in [0.15, 0.2) is 11.3 Å². The van der Waals surface area contributed by atoms with E-state index in [1.165, 1.54) is 12.1 Å². The minimum atomic E-state index is -0.976. The summed E-state index contributed by atoms with van der Waals surface area (Å²) < 4.78 is 18.0. The van der Waals surface area contributed by atoms with Crippen molar-refractivity contribution in [2.75, 3.05) is 23.7 Å². The lowest BCUT2D eigenvalue weighted by atomic mass is 10.0. The Hall–Kier alpha value is -6.27. The molecule has 2 saturated carbocycles. The van der Waals surface area contributed by atoms with E-state index in [2.05, 4.69) is 52.3 Å². The first-order valence-corrected chi connectivity index (χ1v) is 22.7. The maximum Gasteiger partial charge on any atom is 0.251 e. The van der Waals surface area contributed by atoms with Crippen molar-refractivity contribution in [1.82, 2.24) is 39.8 Å². The largest absolute Gasteiger partial charge is 0.392 e. The first-order chi connectivity index (χ1) is 31.3. The van der Waals surface area contributed by atoms with E-state index in [0.29, 0.717) is 67.8 Å². The monoisotopic (exact) mass is 960 g/mol. The lowest BCUT2D eigenvalue weighted by molar-refractivity contribution is 0.0939. The van der Waals surface area contributed by atoms with Gasteiger partial charge in [0.1, 0.15) is 10.4 Å². The Kier molecular flexibility index (Phi) is 13.0. The standard InChI is InChI=1S/C28H30FN5O3.C21H24BrN5O2/c1-16-10-17(4-8-21(16)27(36)32-20-6-7-20)25-13-30-26-24(31-15-28(2,3)37)12-23(33-34(25)26)22-9-5-19(29)11-18(22)14-35;1-12-8-13(4-7-15(12)20(28)25-14-5-6-14)17-10-23-19-16(24-11-21(2,3)29)9-18(22)26-27(17)19/h4-5,8-13,20,31,35,37H,6-7,14-15H2,1-3H3,(H,32,36);4,7-10,14,24,29H,5-6,11H2,1-3H3,(H,25,28). The summed E-state index contributed by atoms with van der Waals surface area (Å²) in [4.78, 5) is 34.1. The summed E-state index contributed by atoms with van der Waals surface area (Å²) in [5.74, 6) is -0.538. The molecule has 4 heterocycles. The normalized spacial score (nSPS) is 13.9. The number of fused-ring (bicyclic) bond motifs is 2. The van der Waals surface area contributed by atoms with Gasteiger partial charge >= 0.3 is 0 Å². The number of hydrogen-bond donors (Lipinski definition) is 7. The molecule has 7 N–H and O–H groups in total. The van der Waals surface area contributed by atoms with Crippen LogP contribution in [-0.4, -0.2) is 92.7 Å². The second-order valence-electron chi connectivity index (χ2n) is 18.4. The van der Waals surface area contributed by atoms with Gasteiger partial charge in [0.2, 0.25) is 0 Å². The molecule has 7 aromatic rings. The number of amides is 2. The lowest BCUT2D eigenvalue weighted by Crippen LogP contribution is -2.29. The van der Waals surface area contributed by atoms with Crippen molar-refractivity contribution in [2.24, 2.45) is 0 Å². The van der Waals surface area contributed by atoms with Crippen LogP contribution < -0.4 is 21.3 Å². The highest BCUT2D eigenvalue weighted by Gasteiger charge is 2.26. The van der Waals surface area contributed by atoms with Gasteiger partial charge in [-0.1, -0.05) is 12.1 Å². The number of aromatic nitrogens is 6. The van der Waals surface area contributed by atoms with E-state index >= 15 is 0 Å². The third-order valence-electron chi connectivity index (χ3n) is 11.2. The van der Waals surface area contributed by atoms with Gasteiger partial charge in [0, 0.05) is 53.0 Å². The predicted octanol–water partition coefficient (Wildman–Crippen LogP) is 7.62. The molecule has 0 aliphatic heterocycles. The van der Waals surface area contributed by atoms with Crippen molar-refractivity contribution >= 4 is 50.4 Å². The van der Waals surface area contributed by atoms with Gasteiger partial charge in [-0.2, -0.15) is 10.2 Å². The number of aryl methyl sites for hydroxylation is 2. The zero-order valence-electron chi connectivity index (χ0n) is 37.7. The predicted molar refractivity (Wildman–Crippen MR) is 256 cm³/mol. The molecule has 9 rings (SSSR count). The van der Waals surface area contributed by atoms with Crippen LogP contribution in [0.2, 0.25) is 0 Å². The Bertz CT molecular complexity index is 2970. The fraction of sp³-hybridized carbons (Fsp3) is 0.347. The highest BCUT2D eigenvalue weighted by molar-refractivity contribution is 9.10. The van der Waals surface area contributed by atoms with Crippen LogP contribution in [0.5, 0.6) is 0 Å². The molecule has 344 valence electrons. The van der Waals surface area contributed by atoms with Crippen LogP contribution in [-0.2, 0) is 6.61 Å². The summed E-state index contributed by atoms with van der Waals surface area (Å²) >= 11 is 3.45. The Balaban J connectivity index is 0.000000185. The van der Waals surface area contributed by atoms with E-state index in [0.717, 1.165) is 59.3 Å². The molecule has 2 aliphatic carbocycles. The molecule has 17 heteroatoms. The molecule has 2 amide bonds. The molecule has 66 heavy (non-hydrogen) atoms. The molecule has 2 fully saturated rings. The van der Waals surface area contributed by atoms with Gasteiger partial charge in [-0.25, -0.2) is 23.4 Å². The highest BCUT2D eigenvalue weighted by atomic mass is 79.9. The summed E-state index contributed by atoms with van der Waals surface area (Å²) in [5.41, 5.74) is 8.63. The Morgan fingerprint density at radius 2 is 1.20 bits per heavy atom. The molecular weight excluding hydrogens is 908 g/mol.